The number of nitrogens with one attached hydrogen (secondary N) is 2. The average molecular weight is 269 g/mol. The van der Waals surface area contributed by atoms with Gasteiger partial charge in [0.25, 0.3) is 5.91 Å². The molecule has 1 heterocycles. The molecular formula is C11H15N3O3S. The van der Waals surface area contributed by atoms with E-state index in [-0.39, 0.29) is 29.5 Å². The molecule has 1 aliphatic rings. The van der Waals surface area contributed by atoms with Gasteiger partial charge < -0.3 is 15.7 Å². The molecule has 1 aromatic rings. The second kappa shape index (κ2) is 5.03. The van der Waals surface area contributed by atoms with Crippen molar-refractivity contribution < 1.29 is 14.7 Å². The Morgan fingerprint density at radius 1 is 1.56 bits per heavy atom. The monoisotopic (exact) mass is 269 g/mol. The first-order valence-corrected chi connectivity index (χ1v) is 6.55. The average Bonchev–Trinajstić information content (AvgIpc) is 2.98. The van der Waals surface area contributed by atoms with Gasteiger partial charge in [-0.1, -0.05) is 0 Å². The molecule has 0 bridgehead atoms. The van der Waals surface area contributed by atoms with Crippen LogP contribution in [0.1, 0.15) is 30.3 Å². The summed E-state index contributed by atoms with van der Waals surface area (Å²) in [6.45, 7) is 1.95. The smallest absolute Gasteiger partial charge is 0.270 e. The van der Waals surface area contributed by atoms with Gasteiger partial charge in [-0.25, -0.2) is 4.98 Å². The predicted molar refractivity (Wildman–Crippen MR) is 67.5 cm³/mol. The van der Waals surface area contributed by atoms with Gasteiger partial charge in [0.2, 0.25) is 5.91 Å². The lowest BCUT2D eigenvalue weighted by molar-refractivity contribution is -0.114. The Kier molecular flexibility index (Phi) is 3.63. The number of aliphatic hydroxyl groups excluding tert-OH is 1. The van der Waals surface area contributed by atoms with Gasteiger partial charge >= 0.3 is 0 Å². The number of hydrogen-bond donors (Lipinski definition) is 3. The Morgan fingerprint density at radius 2 is 2.28 bits per heavy atom. The molecule has 6 nitrogen and oxygen atoms in total. The highest BCUT2D eigenvalue weighted by atomic mass is 32.1. The molecule has 98 valence electrons. The normalized spacial score (nSPS) is 16.1. The maximum absolute atomic E-state index is 11.8. The zero-order valence-electron chi connectivity index (χ0n) is 10.0. The van der Waals surface area contributed by atoms with Gasteiger partial charge in [-0.15, -0.1) is 11.3 Å². The molecule has 1 aromatic heterocycles. The van der Waals surface area contributed by atoms with Crippen molar-refractivity contribution in [3.63, 3.8) is 0 Å². The lowest BCUT2D eigenvalue weighted by Gasteiger charge is -2.11. The molecule has 0 unspecified atom stereocenters. The Bertz CT molecular complexity index is 468. The summed E-state index contributed by atoms with van der Waals surface area (Å²) in [5.41, 5.74) is 0.170. The summed E-state index contributed by atoms with van der Waals surface area (Å²) in [4.78, 5) is 26.6. The van der Waals surface area contributed by atoms with Gasteiger partial charge in [-0.3, -0.25) is 9.59 Å². The lowest BCUT2D eigenvalue weighted by atomic mass is 10.1. The van der Waals surface area contributed by atoms with Crippen molar-refractivity contribution in [2.75, 3.05) is 18.5 Å². The van der Waals surface area contributed by atoms with E-state index in [0.29, 0.717) is 11.7 Å². The third-order valence-electron chi connectivity index (χ3n) is 2.94. The van der Waals surface area contributed by atoms with Crippen molar-refractivity contribution in [2.24, 2.45) is 5.41 Å². The Labute approximate surface area is 108 Å². The third kappa shape index (κ3) is 3.05. The van der Waals surface area contributed by atoms with Crippen LogP contribution in [-0.4, -0.2) is 35.1 Å². The largest absolute Gasteiger partial charge is 0.396 e. The number of carbonyl (C=O) groups is 2. The number of aromatic nitrogens is 1. The number of thiazole rings is 1. The van der Waals surface area contributed by atoms with Crippen LogP contribution in [0.3, 0.4) is 0 Å². The molecule has 0 radical (unpaired) electrons. The molecule has 0 saturated heterocycles. The Hall–Kier alpha value is -1.47. The summed E-state index contributed by atoms with van der Waals surface area (Å²) in [6.07, 6.45) is 1.88. The van der Waals surface area contributed by atoms with Crippen LogP contribution < -0.4 is 10.6 Å². The van der Waals surface area contributed by atoms with Crippen molar-refractivity contribution in [2.45, 2.75) is 19.8 Å². The van der Waals surface area contributed by atoms with Crippen LogP contribution in [0.15, 0.2) is 5.38 Å². The van der Waals surface area contributed by atoms with E-state index in [0.717, 1.165) is 12.8 Å². The SMILES string of the molecule is CC(=O)Nc1nc(C(=O)NCC2(CO)CC2)cs1. The molecule has 0 atom stereocenters. The fourth-order valence-corrected chi connectivity index (χ4v) is 2.25. The maximum Gasteiger partial charge on any atom is 0.270 e. The van der Waals surface area contributed by atoms with E-state index in [9.17, 15) is 9.59 Å². The minimum Gasteiger partial charge on any atom is -0.396 e. The number of hydrogen-bond acceptors (Lipinski definition) is 5. The summed E-state index contributed by atoms with van der Waals surface area (Å²) in [6, 6.07) is 0. The fourth-order valence-electron chi connectivity index (χ4n) is 1.51. The highest BCUT2D eigenvalue weighted by molar-refractivity contribution is 7.14. The molecule has 18 heavy (non-hydrogen) atoms. The van der Waals surface area contributed by atoms with Crippen LogP contribution in [0.4, 0.5) is 5.13 Å². The molecule has 0 aliphatic heterocycles. The third-order valence-corrected chi connectivity index (χ3v) is 3.69. The van der Waals surface area contributed by atoms with Crippen LogP contribution >= 0.6 is 11.3 Å². The highest BCUT2D eigenvalue weighted by Gasteiger charge is 2.42. The van der Waals surface area contributed by atoms with E-state index >= 15 is 0 Å². The molecule has 1 saturated carbocycles. The fraction of sp³-hybridized carbons (Fsp3) is 0.545. The maximum atomic E-state index is 11.8. The summed E-state index contributed by atoms with van der Waals surface area (Å²) in [5, 5.41) is 16.4. The molecule has 2 amide bonds. The molecule has 0 spiro atoms. The minimum atomic E-state index is -0.275. The quantitative estimate of drug-likeness (QED) is 0.730. The zero-order chi connectivity index (χ0) is 13.2. The minimum absolute atomic E-state index is 0.0987. The van der Waals surface area contributed by atoms with E-state index in [1.54, 1.807) is 5.38 Å². The summed E-state index contributed by atoms with van der Waals surface area (Å²) < 4.78 is 0. The predicted octanol–water partition coefficient (Wildman–Crippen LogP) is 0.604. The van der Waals surface area contributed by atoms with Crippen molar-refractivity contribution in [1.29, 1.82) is 0 Å². The zero-order valence-corrected chi connectivity index (χ0v) is 10.8. The van der Waals surface area contributed by atoms with Gasteiger partial charge in [-0.05, 0) is 12.8 Å². The van der Waals surface area contributed by atoms with Crippen LogP contribution in [-0.2, 0) is 4.79 Å². The topological polar surface area (TPSA) is 91.3 Å². The number of amides is 2. The molecule has 1 fully saturated rings. The van der Waals surface area contributed by atoms with E-state index in [2.05, 4.69) is 15.6 Å². The van der Waals surface area contributed by atoms with Crippen LogP contribution in [0, 0.1) is 5.41 Å². The molecule has 3 N–H and O–H groups in total. The Morgan fingerprint density at radius 3 is 2.83 bits per heavy atom. The van der Waals surface area contributed by atoms with Gasteiger partial charge in [0.1, 0.15) is 5.69 Å². The van der Waals surface area contributed by atoms with Crippen LogP contribution in [0.25, 0.3) is 0 Å². The first-order chi connectivity index (χ1) is 8.54. The number of anilines is 1. The number of rotatable bonds is 5. The van der Waals surface area contributed by atoms with E-state index in [1.807, 2.05) is 0 Å². The van der Waals surface area contributed by atoms with Crippen molar-refractivity contribution in [3.05, 3.63) is 11.1 Å². The number of nitrogens with zero attached hydrogens (tertiary/aromatic N) is 1. The first-order valence-electron chi connectivity index (χ1n) is 5.67. The van der Waals surface area contributed by atoms with Crippen molar-refractivity contribution in [1.82, 2.24) is 10.3 Å². The Balaban J connectivity index is 1.88. The highest BCUT2D eigenvalue weighted by Crippen LogP contribution is 2.44. The first kappa shape index (κ1) is 13.0. The molecule has 2 rings (SSSR count). The number of carbonyl (C=O) groups excluding carboxylic acids is 2. The van der Waals surface area contributed by atoms with Gasteiger partial charge in [0.05, 0.1) is 6.61 Å². The van der Waals surface area contributed by atoms with Gasteiger partial charge in [0.15, 0.2) is 5.13 Å². The van der Waals surface area contributed by atoms with Gasteiger partial charge in [0, 0.05) is 24.3 Å². The van der Waals surface area contributed by atoms with Gasteiger partial charge in [-0.2, -0.15) is 0 Å². The second-order valence-corrected chi connectivity index (χ2v) is 5.42. The van der Waals surface area contributed by atoms with E-state index in [4.69, 9.17) is 5.11 Å². The number of aliphatic hydroxyl groups is 1. The van der Waals surface area contributed by atoms with E-state index < -0.39 is 0 Å². The van der Waals surface area contributed by atoms with E-state index in [1.165, 1.54) is 18.3 Å². The van der Waals surface area contributed by atoms with Crippen LogP contribution in [0.2, 0.25) is 0 Å². The molecule has 0 aromatic carbocycles. The standard InChI is InChI=1S/C11H15N3O3S/c1-7(16)13-10-14-8(4-18-10)9(17)12-5-11(6-15)2-3-11/h4,15H,2-3,5-6H2,1H3,(H,12,17)(H,13,14,16). The summed E-state index contributed by atoms with van der Waals surface area (Å²) in [7, 11) is 0. The van der Waals surface area contributed by atoms with Crippen LogP contribution in [0.5, 0.6) is 0 Å². The summed E-state index contributed by atoms with van der Waals surface area (Å²) >= 11 is 1.21. The second-order valence-electron chi connectivity index (χ2n) is 4.56. The van der Waals surface area contributed by atoms with Crippen molar-refractivity contribution in [3.8, 4) is 0 Å². The molecule has 7 heteroatoms. The van der Waals surface area contributed by atoms with Crippen molar-refractivity contribution >= 4 is 28.3 Å². The molecule has 1 aliphatic carbocycles. The molecular weight excluding hydrogens is 254 g/mol. The summed E-state index contributed by atoms with van der Waals surface area (Å²) in [5.74, 6) is -0.490. The lowest BCUT2D eigenvalue weighted by Crippen LogP contribution is -2.32.